The third-order valence-corrected chi connectivity index (χ3v) is 9.08. The second-order valence-electron chi connectivity index (χ2n) is 11.3. The number of rotatable bonds is 8. The summed E-state index contributed by atoms with van der Waals surface area (Å²) in [5.41, 5.74) is 2.86. The first kappa shape index (κ1) is 28.5. The highest BCUT2D eigenvalue weighted by molar-refractivity contribution is 7.90. The zero-order chi connectivity index (χ0) is 29.6. The quantitative estimate of drug-likeness (QED) is 0.299. The molecule has 0 aliphatic carbocycles. The van der Waals surface area contributed by atoms with E-state index in [0.717, 1.165) is 16.5 Å². The summed E-state index contributed by atoms with van der Waals surface area (Å²) in [5.74, 6) is 2.11. The number of benzene rings is 1. The third-order valence-electron chi connectivity index (χ3n) is 8.05. The summed E-state index contributed by atoms with van der Waals surface area (Å²) in [6, 6.07) is 7.97. The number of aromatic nitrogens is 3. The first-order valence-corrected chi connectivity index (χ1v) is 15.7. The van der Waals surface area contributed by atoms with Crippen LogP contribution in [0.25, 0.3) is 16.3 Å². The molecule has 2 aliphatic heterocycles. The van der Waals surface area contributed by atoms with E-state index in [0.29, 0.717) is 29.6 Å². The normalized spacial score (nSPS) is 21.0. The highest BCUT2D eigenvalue weighted by Gasteiger charge is 2.38. The van der Waals surface area contributed by atoms with Gasteiger partial charge in [0.05, 0.1) is 22.9 Å². The zero-order valence-corrected chi connectivity index (χ0v) is 24.9. The first-order chi connectivity index (χ1) is 19.3. The van der Waals surface area contributed by atoms with Crippen molar-refractivity contribution >= 4 is 43.5 Å². The van der Waals surface area contributed by atoms with Crippen LogP contribution in [0, 0.1) is 16.0 Å². The zero-order valence-electron chi connectivity index (χ0n) is 24.1. The highest BCUT2D eigenvalue weighted by Crippen LogP contribution is 2.39. The van der Waals surface area contributed by atoms with Crippen molar-refractivity contribution in [1.29, 1.82) is 0 Å². The number of anilines is 3. The number of hydrogen-bond acceptors (Lipinski definition) is 10. The average molecular weight is 578 g/mol. The Labute approximate surface area is 240 Å². The van der Waals surface area contributed by atoms with Crippen molar-refractivity contribution in [1.82, 2.24) is 19.9 Å². The SMILES string of the molecule is CC(C)c1ccc(N2C[C@H](CS(C)(=O)=O)[C@H]2C)c2cnc(Nc3ccnc(C4=CC([N+](=O)[O-])=CN(C)C4C)n3)cc12. The van der Waals surface area contributed by atoms with Gasteiger partial charge >= 0.3 is 0 Å². The Bertz CT molecular complexity index is 1690. The van der Waals surface area contributed by atoms with Gasteiger partial charge in [-0.05, 0) is 48.9 Å². The van der Waals surface area contributed by atoms with Gasteiger partial charge in [-0.25, -0.2) is 23.4 Å². The van der Waals surface area contributed by atoms with Gasteiger partial charge in [0.2, 0.25) is 0 Å². The minimum atomic E-state index is -3.04. The maximum absolute atomic E-state index is 11.8. The van der Waals surface area contributed by atoms with E-state index in [1.165, 1.54) is 24.1 Å². The van der Waals surface area contributed by atoms with E-state index in [1.54, 1.807) is 24.2 Å². The van der Waals surface area contributed by atoms with Gasteiger partial charge in [-0.1, -0.05) is 19.9 Å². The minimum Gasteiger partial charge on any atom is -0.368 e. The van der Waals surface area contributed by atoms with E-state index in [4.69, 9.17) is 4.98 Å². The van der Waals surface area contributed by atoms with Crippen LogP contribution in [0.15, 0.2) is 54.6 Å². The van der Waals surface area contributed by atoms with Gasteiger partial charge in [-0.2, -0.15) is 0 Å². The molecular weight excluding hydrogens is 542 g/mol. The van der Waals surface area contributed by atoms with Gasteiger partial charge in [0.1, 0.15) is 21.5 Å². The van der Waals surface area contributed by atoms with Gasteiger partial charge in [0.15, 0.2) is 5.82 Å². The fourth-order valence-electron chi connectivity index (χ4n) is 5.56. The Morgan fingerprint density at radius 2 is 1.90 bits per heavy atom. The van der Waals surface area contributed by atoms with Crippen molar-refractivity contribution in [3.05, 3.63) is 76.1 Å². The molecule has 3 aromatic rings. The summed E-state index contributed by atoms with van der Waals surface area (Å²) in [7, 11) is -1.25. The van der Waals surface area contributed by atoms with Gasteiger partial charge < -0.3 is 15.1 Å². The molecule has 12 heteroatoms. The molecule has 0 radical (unpaired) electrons. The second-order valence-corrected chi connectivity index (χ2v) is 13.5. The Hall–Kier alpha value is -4.06. The molecule has 41 heavy (non-hydrogen) atoms. The van der Waals surface area contributed by atoms with Gasteiger partial charge in [0.25, 0.3) is 5.70 Å². The van der Waals surface area contributed by atoms with Crippen LogP contribution in [0.1, 0.15) is 45.0 Å². The van der Waals surface area contributed by atoms with Crippen molar-refractivity contribution in [2.75, 3.05) is 35.8 Å². The summed E-state index contributed by atoms with van der Waals surface area (Å²) >= 11 is 0. The summed E-state index contributed by atoms with van der Waals surface area (Å²) in [5, 5.41) is 16.8. The molecule has 1 saturated heterocycles. The molecule has 2 aromatic heterocycles. The van der Waals surface area contributed by atoms with E-state index < -0.39 is 14.8 Å². The van der Waals surface area contributed by atoms with Crippen molar-refractivity contribution in [2.24, 2.45) is 5.92 Å². The van der Waals surface area contributed by atoms with Gasteiger partial charge in [-0.15, -0.1) is 0 Å². The number of nitro groups is 1. The molecule has 2 aliphatic rings. The maximum atomic E-state index is 11.8. The van der Waals surface area contributed by atoms with Crippen LogP contribution in [0.4, 0.5) is 17.3 Å². The number of sulfone groups is 1. The molecule has 216 valence electrons. The third kappa shape index (κ3) is 5.74. The van der Waals surface area contributed by atoms with Gasteiger partial charge in [-0.3, -0.25) is 10.1 Å². The molecule has 0 amide bonds. The molecule has 11 nitrogen and oxygen atoms in total. The average Bonchev–Trinajstić information content (AvgIpc) is 2.91. The highest BCUT2D eigenvalue weighted by atomic mass is 32.2. The molecule has 1 fully saturated rings. The number of hydrogen-bond donors (Lipinski definition) is 1. The Morgan fingerprint density at radius 1 is 1.15 bits per heavy atom. The molecule has 3 atom stereocenters. The molecule has 1 unspecified atom stereocenters. The lowest BCUT2D eigenvalue weighted by atomic mass is 9.88. The molecule has 1 aromatic carbocycles. The Kier molecular flexibility index (Phi) is 7.45. The van der Waals surface area contributed by atoms with Crippen LogP contribution < -0.4 is 10.2 Å². The fourth-order valence-corrected chi connectivity index (χ4v) is 6.72. The lowest BCUT2D eigenvalue weighted by molar-refractivity contribution is -0.420. The lowest BCUT2D eigenvalue weighted by Gasteiger charge is -2.48. The van der Waals surface area contributed by atoms with Crippen LogP contribution in [0.3, 0.4) is 0 Å². The molecular formula is C29H35N7O4S. The fraction of sp³-hybridized carbons (Fsp3) is 0.414. The largest absolute Gasteiger partial charge is 0.368 e. The molecule has 0 saturated carbocycles. The van der Waals surface area contributed by atoms with E-state index in [2.05, 4.69) is 53.1 Å². The lowest BCUT2D eigenvalue weighted by Crippen LogP contribution is -2.57. The molecule has 1 N–H and O–H groups in total. The Balaban J connectivity index is 1.46. The van der Waals surface area contributed by atoms with E-state index in [1.807, 2.05) is 19.2 Å². The number of nitrogens with one attached hydrogen (secondary N) is 1. The standard InChI is InChI=1S/C29H35N7O4S/c1-17(2)22-7-8-26(35-14-20(18(35)3)16-41(6,39)40)25-13-31-28(12-24(22)25)32-27-9-10-30-29(33-27)23-11-21(36(37)38)15-34(5)19(23)4/h7-13,15,17-20H,14,16H2,1-6H3,(H,30,31,32,33)/t18-,19?,20-/m1/s1. The van der Waals surface area contributed by atoms with E-state index in [9.17, 15) is 18.5 Å². The van der Waals surface area contributed by atoms with Crippen molar-refractivity contribution in [3.8, 4) is 0 Å². The number of likely N-dealkylation sites (N-methyl/N-ethyl adjacent to an activating group) is 1. The first-order valence-electron chi connectivity index (χ1n) is 13.6. The number of pyridine rings is 1. The number of allylic oxidation sites excluding steroid dienone is 1. The number of fused-ring (bicyclic) bond motifs is 1. The summed E-state index contributed by atoms with van der Waals surface area (Å²) in [6.45, 7) is 9.00. The van der Waals surface area contributed by atoms with Crippen LogP contribution in [0.2, 0.25) is 0 Å². The number of nitrogens with zero attached hydrogens (tertiary/aromatic N) is 6. The van der Waals surface area contributed by atoms with Crippen molar-refractivity contribution < 1.29 is 13.3 Å². The van der Waals surface area contributed by atoms with E-state index >= 15 is 0 Å². The Morgan fingerprint density at radius 3 is 2.56 bits per heavy atom. The molecule has 4 heterocycles. The van der Waals surface area contributed by atoms with Crippen molar-refractivity contribution in [2.45, 2.75) is 45.7 Å². The maximum Gasteiger partial charge on any atom is 0.285 e. The van der Waals surface area contributed by atoms with Crippen LogP contribution in [0.5, 0.6) is 0 Å². The molecule has 0 bridgehead atoms. The summed E-state index contributed by atoms with van der Waals surface area (Å²) in [4.78, 5) is 28.8. The predicted octanol–water partition coefficient (Wildman–Crippen LogP) is 4.60. The summed E-state index contributed by atoms with van der Waals surface area (Å²) < 4.78 is 23.7. The van der Waals surface area contributed by atoms with Crippen LogP contribution >= 0.6 is 0 Å². The topological polar surface area (TPSA) is 134 Å². The van der Waals surface area contributed by atoms with E-state index in [-0.39, 0.29) is 35.4 Å². The smallest absolute Gasteiger partial charge is 0.285 e. The minimum absolute atomic E-state index is 0.0186. The van der Waals surface area contributed by atoms with Crippen LogP contribution in [-0.4, -0.2) is 70.9 Å². The van der Waals surface area contributed by atoms with Gasteiger partial charge in [0, 0.05) is 66.9 Å². The van der Waals surface area contributed by atoms with Crippen molar-refractivity contribution in [3.63, 3.8) is 0 Å². The predicted molar refractivity (Wildman–Crippen MR) is 161 cm³/mol. The monoisotopic (exact) mass is 577 g/mol. The second kappa shape index (κ2) is 10.7. The molecule has 0 spiro atoms. The van der Waals surface area contributed by atoms with Crippen LogP contribution in [-0.2, 0) is 9.84 Å². The summed E-state index contributed by atoms with van der Waals surface area (Å²) in [6.07, 6.45) is 7.79. The molecule has 5 rings (SSSR count).